The summed E-state index contributed by atoms with van der Waals surface area (Å²) in [6.07, 6.45) is 0. The third kappa shape index (κ3) is 1.83. The van der Waals surface area contributed by atoms with E-state index < -0.39 is 5.56 Å². The van der Waals surface area contributed by atoms with Gasteiger partial charge in [0.2, 0.25) is 18.4 Å². The SMILES string of the molecule is COc1cc(-c2nc(O)c(C)c(=O)[nH]2)cc2c1OCO2. The molecule has 2 N–H and O–H groups in total. The molecule has 0 radical (unpaired) electrons. The summed E-state index contributed by atoms with van der Waals surface area (Å²) in [6.45, 7) is 1.60. The van der Waals surface area contributed by atoms with Gasteiger partial charge in [-0.15, -0.1) is 0 Å². The van der Waals surface area contributed by atoms with Gasteiger partial charge >= 0.3 is 0 Å². The first-order chi connectivity index (χ1) is 9.60. The molecule has 1 aromatic carbocycles. The fourth-order valence-electron chi connectivity index (χ4n) is 1.92. The van der Waals surface area contributed by atoms with Crippen molar-refractivity contribution in [3.63, 3.8) is 0 Å². The summed E-state index contributed by atoms with van der Waals surface area (Å²) in [6, 6.07) is 3.32. The van der Waals surface area contributed by atoms with Crippen molar-refractivity contribution >= 4 is 0 Å². The van der Waals surface area contributed by atoms with Crippen LogP contribution in [-0.4, -0.2) is 29.0 Å². The zero-order chi connectivity index (χ0) is 14.3. The fourth-order valence-corrected chi connectivity index (χ4v) is 1.92. The van der Waals surface area contributed by atoms with Crippen LogP contribution < -0.4 is 19.8 Å². The van der Waals surface area contributed by atoms with Crippen LogP contribution in [0.15, 0.2) is 16.9 Å². The Morgan fingerprint density at radius 2 is 2.20 bits per heavy atom. The van der Waals surface area contributed by atoms with Crippen LogP contribution in [0.5, 0.6) is 23.1 Å². The molecule has 0 bridgehead atoms. The van der Waals surface area contributed by atoms with Crippen molar-refractivity contribution in [3.05, 3.63) is 28.0 Å². The van der Waals surface area contributed by atoms with Crippen molar-refractivity contribution < 1.29 is 19.3 Å². The number of fused-ring (bicyclic) bond motifs is 1. The molecule has 0 amide bonds. The summed E-state index contributed by atoms with van der Waals surface area (Å²) >= 11 is 0. The number of aromatic hydroxyl groups is 1. The van der Waals surface area contributed by atoms with E-state index in [-0.39, 0.29) is 24.1 Å². The van der Waals surface area contributed by atoms with E-state index in [1.54, 1.807) is 12.1 Å². The number of aromatic nitrogens is 2. The van der Waals surface area contributed by atoms with Gasteiger partial charge < -0.3 is 24.3 Å². The first-order valence-corrected chi connectivity index (χ1v) is 5.88. The van der Waals surface area contributed by atoms with E-state index in [9.17, 15) is 9.90 Å². The van der Waals surface area contributed by atoms with Gasteiger partial charge in [-0.25, -0.2) is 0 Å². The Morgan fingerprint density at radius 1 is 1.40 bits per heavy atom. The second kappa shape index (κ2) is 4.44. The maximum Gasteiger partial charge on any atom is 0.257 e. The van der Waals surface area contributed by atoms with E-state index in [1.165, 1.54) is 14.0 Å². The van der Waals surface area contributed by atoms with Crippen LogP contribution in [0.2, 0.25) is 0 Å². The van der Waals surface area contributed by atoms with Crippen molar-refractivity contribution in [2.24, 2.45) is 0 Å². The number of aromatic amines is 1. The fraction of sp³-hybridized carbons (Fsp3) is 0.231. The van der Waals surface area contributed by atoms with Gasteiger partial charge in [0.25, 0.3) is 5.56 Å². The van der Waals surface area contributed by atoms with Gasteiger partial charge in [-0.3, -0.25) is 4.79 Å². The highest BCUT2D eigenvalue weighted by Crippen LogP contribution is 2.43. The molecule has 3 rings (SSSR count). The van der Waals surface area contributed by atoms with Gasteiger partial charge in [-0.2, -0.15) is 4.98 Å². The maximum absolute atomic E-state index is 11.7. The van der Waals surface area contributed by atoms with Gasteiger partial charge in [0.05, 0.1) is 12.7 Å². The smallest absolute Gasteiger partial charge is 0.257 e. The number of benzene rings is 1. The van der Waals surface area contributed by atoms with Crippen LogP contribution in [0.25, 0.3) is 11.4 Å². The third-order valence-corrected chi connectivity index (χ3v) is 3.06. The quantitative estimate of drug-likeness (QED) is 0.855. The molecular weight excluding hydrogens is 264 g/mol. The maximum atomic E-state index is 11.7. The van der Waals surface area contributed by atoms with Crippen LogP contribution in [0.3, 0.4) is 0 Å². The van der Waals surface area contributed by atoms with E-state index in [2.05, 4.69) is 9.97 Å². The Labute approximate surface area is 113 Å². The van der Waals surface area contributed by atoms with Gasteiger partial charge in [0, 0.05) is 5.56 Å². The average Bonchev–Trinajstić information content (AvgIpc) is 2.91. The largest absolute Gasteiger partial charge is 0.493 e. The highest BCUT2D eigenvalue weighted by Gasteiger charge is 2.21. The van der Waals surface area contributed by atoms with Crippen LogP contribution in [0.4, 0.5) is 0 Å². The molecule has 7 nitrogen and oxygen atoms in total. The summed E-state index contributed by atoms with van der Waals surface area (Å²) in [7, 11) is 1.50. The molecular formula is C13H12N2O5. The third-order valence-electron chi connectivity index (χ3n) is 3.06. The minimum atomic E-state index is -0.399. The summed E-state index contributed by atoms with van der Waals surface area (Å²) in [5.74, 6) is 1.41. The average molecular weight is 276 g/mol. The summed E-state index contributed by atoms with van der Waals surface area (Å²) < 4.78 is 15.8. The van der Waals surface area contributed by atoms with E-state index in [0.29, 0.717) is 22.8 Å². The predicted molar refractivity (Wildman–Crippen MR) is 69.4 cm³/mol. The van der Waals surface area contributed by atoms with Crippen LogP contribution in [0.1, 0.15) is 5.56 Å². The van der Waals surface area contributed by atoms with Gasteiger partial charge in [-0.05, 0) is 19.1 Å². The van der Waals surface area contributed by atoms with Crippen molar-refractivity contribution in [2.75, 3.05) is 13.9 Å². The van der Waals surface area contributed by atoms with Crippen molar-refractivity contribution in [2.45, 2.75) is 6.92 Å². The Kier molecular flexibility index (Phi) is 2.74. The molecule has 2 heterocycles. The molecule has 0 atom stereocenters. The summed E-state index contributed by atoms with van der Waals surface area (Å²) in [5, 5.41) is 9.64. The predicted octanol–water partition coefficient (Wildman–Crippen LogP) is 1.19. The zero-order valence-corrected chi connectivity index (χ0v) is 10.9. The molecule has 1 aliphatic rings. The van der Waals surface area contributed by atoms with Crippen LogP contribution in [0, 0.1) is 6.92 Å². The van der Waals surface area contributed by atoms with E-state index in [4.69, 9.17) is 14.2 Å². The number of methoxy groups -OCH3 is 1. The zero-order valence-electron chi connectivity index (χ0n) is 10.9. The molecule has 0 unspecified atom stereocenters. The molecule has 1 aromatic heterocycles. The lowest BCUT2D eigenvalue weighted by Crippen LogP contribution is -2.12. The molecule has 104 valence electrons. The highest BCUT2D eigenvalue weighted by atomic mass is 16.7. The number of nitrogens with zero attached hydrogens (tertiary/aromatic N) is 1. The van der Waals surface area contributed by atoms with E-state index in [0.717, 1.165) is 0 Å². The molecule has 1 aliphatic heterocycles. The number of hydrogen-bond donors (Lipinski definition) is 2. The highest BCUT2D eigenvalue weighted by molar-refractivity contribution is 5.67. The molecule has 0 spiro atoms. The van der Waals surface area contributed by atoms with Gasteiger partial charge in [-0.1, -0.05) is 0 Å². The Morgan fingerprint density at radius 3 is 2.90 bits per heavy atom. The molecule has 20 heavy (non-hydrogen) atoms. The molecule has 2 aromatic rings. The molecule has 0 aliphatic carbocycles. The van der Waals surface area contributed by atoms with E-state index in [1.807, 2.05) is 0 Å². The normalized spacial score (nSPS) is 12.5. The summed E-state index contributed by atoms with van der Waals surface area (Å²) in [4.78, 5) is 18.2. The topological polar surface area (TPSA) is 93.7 Å². The van der Waals surface area contributed by atoms with Crippen LogP contribution in [-0.2, 0) is 0 Å². The first-order valence-electron chi connectivity index (χ1n) is 5.88. The number of rotatable bonds is 2. The molecule has 0 saturated heterocycles. The van der Waals surface area contributed by atoms with Crippen LogP contribution >= 0.6 is 0 Å². The second-order valence-electron chi connectivity index (χ2n) is 4.28. The molecule has 0 fully saturated rings. The van der Waals surface area contributed by atoms with Gasteiger partial charge in [0.1, 0.15) is 5.82 Å². The lowest BCUT2D eigenvalue weighted by atomic mass is 10.1. The van der Waals surface area contributed by atoms with Gasteiger partial charge in [0.15, 0.2) is 11.5 Å². The number of ether oxygens (including phenoxy) is 3. The monoisotopic (exact) mass is 276 g/mol. The summed E-state index contributed by atoms with van der Waals surface area (Å²) in [5.41, 5.74) is 0.323. The Bertz CT molecular complexity index is 738. The number of hydrogen-bond acceptors (Lipinski definition) is 6. The first kappa shape index (κ1) is 12.3. The minimum Gasteiger partial charge on any atom is -0.493 e. The molecule has 0 saturated carbocycles. The lowest BCUT2D eigenvalue weighted by molar-refractivity contribution is 0.171. The lowest BCUT2D eigenvalue weighted by Gasteiger charge is -2.08. The minimum absolute atomic E-state index is 0.109. The van der Waals surface area contributed by atoms with Crippen molar-refractivity contribution in [3.8, 4) is 34.5 Å². The molecule has 7 heteroatoms. The number of nitrogens with one attached hydrogen (secondary N) is 1. The Hall–Kier alpha value is -2.70. The Balaban J connectivity index is 2.18. The van der Waals surface area contributed by atoms with Crippen molar-refractivity contribution in [1.29, 1.82) is 0 Å². The van der Waals surface area contributed by atoms with E-state index >= 15 is 0 Å². The number of H-pyrrole nitrogens is 1. The van der Waals surface area contributed by atoms with Crippen molar-refractivity contribution in [1.82, 2.24) is 9.97 Å². The standard InChI is InChI=1S/C13H12N2O5/c1-6-12(16)14-11(15-13(6)17)7-3-8(18-2)10-9(4-7)19-5-20-10/h3-4H,5H2,1-2H3,(H2,14,15,16,17). The second-order valence-corrected chi connectivity index (χ2v) is 4.28.